The van der Waals surface area contributed by atoms with Crippen LogP contribution in [0, 0.1) is 12.3 Å². The topological polar surface area (TPSA) is 12.0 Å². The highest BCUT2D eigenvalue weighted by Crippen LogP contribution is 2.07. The van der Waals surface area contributed by atoms with Gasteiger partial charge in [0.25, 0.3) is 0 Å². The maximum absolute atomic E-state index is 5.18. The molecule has 0 aliphatic rings. The van der Waals surface area contributed by atoms with Gasteiger partial charge in [-0.15, -0.1) is 18.2 Å². The summed E-state index contributed by atoms with van der Waals surface area (Å²) in [7, 11) is 0. The molecule has 0 aliphatic carbocycles. The minimum atomic E-state index is 0.660. The zero-order valence-electron chi connectivity index (χ0n) is 10.9. The van der Waals surface area contributed by atoms with E-state index in [9.17, 15) is 0 Å². The Labute approximate surface area is 106 Å². The lowest BCUT2D eigenvalue weighted by molar-refractivity contribution is 0.493. The summed E-state index contributed by atoms with van der Waals surface area (Å²) in [6.07, 6.45) is 13.4. The fraction of sp³-hybridized carbons (Fsp3) is 0.857. The number of hydrogen-bond acceptors (Lipinski definition) is 2. The second-order valence-electron chi connectivity index (χ2n) is 4.31. The van der Waals surface area contributed by atoms with Crippen LogP contribution < -0.4 is 5.32 Å². The molecule has 0 aliphatic heterocycles. The van der Waals surface area contributed by atoms with E-state index in [0.29, 0.717) is 6.04 Å². The van der Waals surface area contributed by atoms with E-state index in [2.05, 4.69) is 25.1 Å². The first-order valence-corrected chi connectivity index (χ1v) is 7.71. The van der Waals surface area contributed by atoms with Crippen molar-refractivity contribution in [2.24, 2.45) is 0 Å². The Hall–Kier alpha value is -0.130. The van der Waals surface area contributed by atoms with Gasteiger partial charge in [-0.2, -0.15) is 0 Å². The molecule has 1 unspecified atom stereocenters. The highest BCUT2D eigenvalue weighted by atomic mass is 32.2. The summed E-state index contributed by atoms with van der Waals surface area (Å²) < 4.78 is 0. The molecule has 94 valence electrons. The van der Waals surface area contributed by atoms with Gasteiger partial charge < -0.3 is 5.32 Å². The number of rotatable bonds is 11. The van der Waals surface area contributed by atoms with E-state index in [1.165, 1.54) is 38.5 Å². The third kappa shape index (κ3) is 11.9. The molecule has 2 heteroatoms. The minimum absolute atomic E-state index is 0.660. The molecule has 0 saturated carbocycles. The molecule has 1 N–H and O–H groups in total. The number of thioether (sulfide) groups is 1. The standard InChI is InChI=1S/C14H27NS/c1-4-6-7-8-9-10-14(3)15-11-13-16-12-5-2/h2,14-15H,4,6-13H2,1,3H3. The molecule has 0 rings (SSSR count). The summed E-state index contributed by atoms with van der Waals surface area (Å²) >= 11 is 1.83. The largest absolute Gasteiger partial charge is 0.313 e. The number of unbranched alkanes of at least 4 members (excludes halogenated alkanes) is 4. The average molecular weight is 241 g/mol. The number of hydrogen-bond donors (Lipinski definition) is 1. The molecular weight excluding hydrogens is 214 g/mol. The van der Waals surface area contributed by atoms with E-state index in [-0.39, 0.29) is 0 Å². The predicted octanol–water partition coefficient (Wildman–Crippen LogP) is 3.69. The molecule has 0 fully saturated rings. The fourth-order valence-corrected chi connectivity index (χ4v) is 2.19. The molecular formula is C14H27NS. The van der Waals surface area contributed by atoms with Crippen LogP contribution >= 0.6 is 11.8 Å². The van der Waals surface area contributed by atoms with Crippen molar-refractivity contribution < 1.29 is 0 Å². The van der Waals surface area contributed by atoms with Crippen LogP contribution in [0.4, 0.5) is 0 Å². The van der Waals surface area contributed by atoms with Gasteiger partial charge in [0, 0.05) is 18.3 Å². The summed E-state index contributed by atoms with van der Waals surface area (Å²) in [5, 5.41) is 3.54. The minimum Gasteiger partial charge on any atom is -0.313 e. The van der Waals surface area contributed by atoms with E-state index >= 15 is 0 Å². The molecule has 16 heavy (non-hydrogen) atoms. The van der Waals surface area contributed by atoms with Crippen molar-refractivity contribution in [1.82, 2.24) is 5.32 Å². The van der Waals surface area contributed by atoms with Gasteiger partial charge in [0.15, 0.2) is 0 Å². The van der Waals surface area contributed by atoms with Gasteiger partial charge in [-0.1, -0.05) is 44.9 Å². The lowest BCUT2D eigenvalue weighted by Gasteiger charge is -2.13. The van der Waals surface area contributed by atoms with E-state index in [1.807, 2.05) is 11.8 Å². The Bertz CT molecular complexity index is 174. The molecule has 0 bridgehead atoms. The molecule has 0 aromatic heterocycles. The summed E-state index contributed by atoms with van der Waals surface area (Å²) in [6, 6.07) is 0.660. The first kappa shape index (κ1) is 15.9. The molecule has 0 spiro atoms. The van der Waals surface area contributed by atoms with Crippen molar-refractivity contribution in [2.75, 3.05) is 18.1 Å². The van der Waals surface area contributed by atoms with Gasteiger partial charge in [-0.3, -0.25) is 0 Å². The molecule has 0 radical (unpaired) electrons. The van der Waals surface area contributed by atoms with Crippen molar-refractivity contribution in [3.8, 4) is 12.3 Å². The smallest absolute Gasteiger partial charge is 0.0545 e. The third-order valence-electron chi connectivity index (χ3n) is 2.67. The third-order valence-corrected chi connectivity index (χ3v) is 3.53. The highest BCUT2D eigenvalue weighted by Gasteiger charge is 2.00. The van der Waals surface area contributed by atoms with Gasteiger partial charge in [-0.25, -0.2) is 0 Å². The van der Waals surface area contributed by atoms with Crippen LogP contribution in [0.15, 0.2) is 0 Å². The Morgan fingerprint density at radius 2 is 2.00 bits per heavy atom. The van der Waals surface area contributed by atoms with Gasteiger partial charge in [0.05, 0.1) is 5.75 Å². The zero-order chi connectivity index (χ0) is 12.1. The summed E-state index contributed by atoms with van der Waals surface area (Å²) in [6.45, 7) is 5.63. The molecule has 1 nitrogen and oxygen atoms in total. The van der Waals surface area contributed by atoms with Gasteiger partial charge in [0.2, 0.25) is 0 Å². The second-order valence-corrected chi connectivity index (χ2v) is 5.42. The van der Waals surface area contributed by atoms with Crippen LogP contribution in [0.25, 0.3) is 0 Å². The molecule has 0 aromatic carbocycles. The Morgan fingerprint density at radius 3 is 2.69 bits per heavy atom. The monoisotopic (exact) mass is 241 g/mol. The lowest BCUT2D eigenvalue weighted by atomic mass is 10.1. The molecule has 0 saturated heterocycles. The van der Waals surface area contributed by atoms with Crippen LogP contribution in [-0.4, -0.2) is 24.1 Å². The summed E-state index contributed by atoms with van der Waals surface area (Å²) in [4.78, 5) is 0. The van der Waals surface area contributed by atoms with Crippen molar-refractivity contribution in [3.05, 3.63) is 0 Å². The first-order chi connectivity index (χ1) is 7.81. The van der Waals surface area contributed by atoms with Crippen molar-refractivity contribution in [1.29, 1.82) is 0 Å². The maximum Gasteiger partial charge on any atom is 0.0545 e. The van der Waals surface area contributed by atoms with E-state index < -0.39 is 0 Å². The SMILES string of the molecule is C#CCSCCNC(C)CCCCCCC. The van der Waals surface area contributed by atoms with Crippen LogP contribution in [-0.2, 0) is 0 Å². The highest BCUT2D eigenvalue weighted by molar-refractivity contribution is 7.99. The molecule has 0 amide bonds. The van der Waals surface area contributed by atoms with Crippen molar-refractivity contribution in [2.45, 2.75) is 58.4 Å². The second kappa shape index (κ2) is 12.9. The van der Waals surface area contributed by atoms with Crippen molar-refractivity contribution in [3.63, 3.8) is 0 Å². The zero-order valence-corrected chi connectivity index (χ0v) is 11.7. The van der Waals surface area contributed by atoms with Crippen LogP contribution in [0.2, 0.25) is 0 Å². The Kier molecular flexibility index (Phi) is 12.8. The molecule has 0 aromatic rings. The van der Waals surface area contributed by atoms with E-state index in [0.717, 1.165) is 18.1 Å². The van der Waals surface area contributed by atoms with Gasteiger partial charge in [0.1, 0.15) is 0 Å². The van der Waals surface area contributed by atoms with E-state index in [4.69, 9.17) is 6.42 Å². The fourth-order valence-electron chi connectivity index (χ4n) is 1.66. The predicted molar refractivity (Wildman–Crippen MR) is 77.0 cm³/mol. The number of nitrogens with one attached hydrogen (secondary N) is 1. The summed E-state index contributed by atoms with van der Waals surface area (Å²) in [5.74, 6) is 4.61. The first-order valence-electron chi connectivity index (χ1n) is 6.55. The Balaban J connectivity index is 3.12. The number of terminal acetylenes is 1. The van der Waals surface area contributed by atoms with Crippen LogP contribution in [0.3, 0.4) is 0 Å². The molecule has 0 heterocycles. The van der Waals surface area contributed by atoms with Gasteiger partial charge in [-0.05, 0) is 13.3 Å². The lowest BCUT2D eigenvalue weighted by Crippen LogP contribution is -2.28. The van der Waals surface area contributed by atoms with E-state index in [1.54, 1.807) is 0 Å². The normalized spacial score (nSPS) is 12.3. The van der Waals surface area contributed by atoms with Crippen molar-refractivity contribution >= 4 is 11.8 Å². The maximum atomic E-state index is 5.18. The van der Waals surface area contributed by atoms with Crippen LogP contribution in [0.1, 0.15) is 52.4 Å². The Morgan fingerprint density at radius 1 is 1.25 bits per heavy atom. The average Bonchev–Trinajstić information content (AvgIpc) is 2.28. The van der Waals surface area contributed by atoms with Gasteiger partial charge >= 0.3 is 0 Å². The van der Waals surface area contributed by atoms with Crippen LogP contribution in [0.5, 0.6) is 0 Å². The summed E-state index contributed by atoms with van der Waals surface area (Å²) in [5.41, 5.74) is 0. The quantitative estimate of drug-likeness (QED) is 0.437. The molecule has 1 atom stereocenters.